The minimum atomic E-state index is -1.03. The molecule has 1 fully saturated rings. The Morgan fingerprint density at radius 2 is 2.03 bits per heavy atom. The summed E-state index contributed by atoms with van der Waals surface area (Å²) < 4.78 is 10.3. The van der Waals surface area contributed by atoms with Crippen LogP contribution in [0.1, 0.15) is 18.2 Å². The van der Waals surface area contributed by atoms with Gasteiger partial charge in [0.2, 0.25) is 0 Å². The van der Waals surface area contributed by atoms with Crippen LogP contribution in [0, 0.1) is 17.0 Å². The van der Waals surface area contributed by atoms with Crippen molar-refractivity contribution in [3.8, 4) is 11.3 Å². The molecule has 1 aliphatic heterocycles. The highest BCUT2D eigenvalue weighted by Crippen LogP contribution is 2.35. The first-order chi connectivity index (χ1) is 13.7. The average Bonchev–Trinajstić information content (AvgIpc) is 3.25. The van der Waals surface area contributed by atoms with Crippen molar-refractivity contribution < 1.29 is 28.5 Å². The van der Waals surface area contributed by atoms with Gasteiger partial charge < -0.3 is 9.15 Å². The van der Waals surface area contributed by atoms with Gasteiger partial charge in [0, 0.05) is 23.8 Å². The van der Waals surface area contributed by atoms with Crippen molar-refractivity contribution in [2.45, 2.75) is 19.9 Å². The molecule has 0 radical (unpaired) electrons. The summed E-state index contributed by atoms with van der Waals surface area (Å²) in [6, 6.07) is 6.66. The predicted octanol–water partition coefficient (Wildman–Crippen LogP) is 3.76. The molecule has 0 spiro atoms. The van der Waals surface area contributed by atoms with E-state index < -0.39 is 28.1 Å². The number of thioether (sulfide) groups is 1. The number of methoxy groups -OCH3 is 1. The molecule has 1 atom stereocenters. The number of ether oxygens (including phenoxy) is 1. The second-order valence-electron chi connectivity index (χ2n) is 6.21. The Morgan fingerprint density at radius 1 is 1.31 bits per heavy atom. The number of aryl methyl sites for hydroxylation is 1. The number of furan rings is 1. The number of non-ortho nitro benzene ring substituents is 1. The van der Waals surface area contributed by atoms with Gasteiger partial charge >= 0.3 is 5.97 Å². The van der Waals surface area contributed by atoms with Gasteiger partial charge in [-0.2, -0.15) is 0 Å². The fourth-order valence-corrected chi connectivity index (χ4v) is 3.72. The fourth-order valence-electron chi connectivity index (χ4n) is 2.83. The largest absolute Gasteiger partial charge is 0.467 e. The van der Waals surface area contributed by atoms with E-state index in [0.29, 0.717) is 34.4 Å². The molecule has 0 saturated carbocycles. The Morgan fingerprint density at radius 3 is 2.66 bits per heavy atom. The molecule has 3 rings (SSSR count). The van der Waals surface area contributed by atoms with Gasteiger partial charge in [-0.15, -0.1) is 0 Å². The third-order valence-electron chi connectivity index (χ3n) is 4.34. The molecule has 0 bridgehead atoms. The molecule has 1 saturated heterocycles. The number of benzene rings is 1. The maximum absolute atomic E-state index is 12.5. The van der Waals surface area contributed by atoms with Crippen molar-refractivity contribution in [3.63, 3.8) is 0 Å². The quantitative estimate of drug-likeness (QED) is 0.313. The van der Waals surface area contributed by atoms with Gasteiger partial charge in [-0.25, -0.2) is 4.79 Å². The molecule has 150 valence electrons. The molecule has 9 nitrogen and oxygen atoms in total. The number of nitrogens with zero attached hydrogens (tertiary/aromatic N) is 2. The van der Waals surface area contributed by atoms with Crippen LogP contribution < -0.4 is 0 Å². The van der Waals surface area contributed by atoms with Gasteiger partial charge in [-0.05, 0) is 49.4 Å². The topological polar surface area (TPSA) is 120 Å². The van der Waals surface area contributed by atoms with Crippen LogP contribution in [-0.2, 0) is 14.3 Å². The number of imide groups is 1. The molecule has 1 aromatic carbocycles. The third kappa shape index (κ3) is 3.92. The number of amides is 2. The molecular formula is C19H16N2O7S. The number of nitro benzene ring substituents is 1. The van der Waals surface area contributed by atoms with E-state index >= 15 is 0 Å². The lowest BCUT2D eigenvalue weighted by atomic mass is 10.1. The highest BCUT2D eigenvalue weighted by atomic mass is 32.2. The maximum atomic E-state index is 12.5. The minimum absolute atomic E-state index is 0.0218. The molecule has 0 aliphatic carbocycles. The average molecular weight is 416 g/mol. The van der Waals surface area contributed by atoms with E-state index in [9.17, 15) is 24.5 Å². The van der Waals surface area contributed by atoms with Gasteiger partial charge in [0.05, 0.1) is 16.9 Å². The van der Waals surface area contributed by atoms with E-state index in [1.807, 2.05) is 0 Å². The van der Waals surface area contributed by atoms with Crippen molar-refractivity contribution in [2.24, 2.45) is 0 Å². The molecule has 1 aromatic heterocycles. The van der Waals surface area contributed by atoms with Crippen LogP contribution in [0.2, 0.25) is 0 Å². The molecule has 1 unspecified atom stereocenters. The number of hydrogen-bond donors (Lipinski definition) is 0. The van der Waals surface area contributed by atoms with Crippen molar-refractivity contribution in [2.75, 3.05) is 7.11 Å². The predicted molar refractivity (Wildman–Crippen MR) is 105 cm³/mol. The van der Waals surface area contributed by atoms with E-state index in [4.69, 9.17) is 4.42 Å². The molecule has 10 heteroatoms. The fraction of sp³-hybridized carbons (Fsp3) is 0.211. The van der Waals surface area contributed by atoms with E-state index in [2.05, 4.69) is 4.74 Å². The maximum Gasteiger partial charge on any atom is 0.328 e. The van der Waals surface area contributed by atoms with Crippen molar-refractivity contribution in [1.29, 1.82) is 0 Å². The van der Waals surface area contributed by atoms with E-state index in [1.165, 1.54) is 32.2 Å². The summed E-state index contributed by atoms with van der Waals surface area (Å²) in [4.78, 5) is 47.7. The Balaban J connectivity index is 1.85. The summed E-state index contributed by atoms with van der Waals surface area (Å²) in [6.07, 6.45) is 1.42. The van der Waals surface area contributed by atoms with Crippen LogP contribution in [0.5, 0.6) is 0 Å². The Labute approximate surface area is 169 Å². The first kappa shape index (κ1) is 20.3. The lowest BCUT2D eigenvalue weighted by Crippen LogP contribution is -2.42. The highest BCUT2D eigenvalue weighted by Gasteiger charge is 2.41. The molecule has 29 heavy (non-hydrogen) atoms. The van der Waals surface area contributed by atoms with Crippen LogP contribution in [-0.4, -0.2) is 40.1 Å². The molecular weight excluding hydrogens is 400 g/mol. The zero-order valence-electron chi connectivity index (χ0n) is 15.7. The number of esters is 1. The number of nitro groups is 1. The molecule has 2 heterocycles. The Hall–Kier alpha value is -3.40. The first-order valence-electron chi connectivity index (χ1n) is 8.43. The second-order valence-corrected chi connectivity index (χ2v) is 7.20. The molecule has 1 aliphatic rings. The van der Waals surface area contributed by atoms with Crippen LogP contribution in [0.4, 0.5) is 10.5 Å². The lowest BCUT2D eigenvalue weighted by molar-refractivity contribution is -0.384. The van der Waals surface area contributed by atoms with Gasteiger partial charge in [0.15, 0.2) is 0 Å². The van der Waals surface area contributed by atoms with Crippen molar-refractivity contribution >= 4 is 40.6 Å². The number of hydrogen-bond acceptors (Lipinski definition) is 8. The molecule has 2 amide bonds. The standard InChI is InChI=1S/C19H16N2O7S/c1-10-8-12(21(25)26)4-6-14(10)15-7-5-13(28-15)9-16-17(22)20(19(24)29-16)11(2)18(23)27-3/h4-9,11H,1-3H3. The SMILES string of the molecule is COC(=O)C(C)N1C(=O)SC(=Cc2ccc(-c3ccc([N+](=O)[O-])cc3C)o2)C1=O. The smallest absolute Gasteiger partial charge is 0.328 e. The summed E-state index contributed by atoms with van der Waals surface area (Å²) >= 11 is 0.702. The zero-order valence-corrected chi connectivity index (χ0v) is 16.5. The number of carbonyl (C=O) groups excluding carboxylic acids is 3. The number of rotatable bonds is 5. The lowest BCUT2D eigenvalue weighted by Gasteiger charge is -2.18. The van der Waals surface area contributed by atoms with E-state index in [1.54, 1.807) is 25.1 Å². The summed E-state index contributed by atoms with van der Waals surface area (Å²) in [5.41, 5.74) is 1.31. The van der Waals surface area contributed by atoms with Crippen molar-refractivity contribution in [3.05, 3.63) is 56.7 Å². The van der Waals surface area contributed by atoms with Crippen LogP contribution >= 0.6 is 11.8 Å². The monoisotopic (exact) mass is 416 g/mol. The minimum Gasteiger partial charge on any atom is -0.467 e. The van der Waals surface area contributed by atoms with Gasteiger partial charge in [0.25, 0.3) is 16.8 Å². The summed E-state index contributed by atoms with van der Waals surface area (Å²) in [5, 5.41) is 10.3. The van der Waals surface area contributed by atoms with Gasteiger partial charge in [-0.3, -0.25) is 24.6 Å². The summed E-state index contributed by atoms with van der Waals surface area (Å²) in [5.74, 6) is -0.510. The Kier molecular flexibility index (Phi) is 5.55. The normalized spacial score (nSPS) is 16.4. The van der Waals surface area contributed by atoms with E-state index in [0.717, 1.165) is 4.90 Å². The highest BCUT2D eigenvalue weighted by molar-refractivity contribution is 8.18. The second kappa shape index (κ2) is 7.92. The van der Waals surface area contributed by atoms with Crippen molar-refractivity contribution in [1.82, 2.24) is 4.90 Å². The Bertz CT molecular complexity index is 1060. The van der Waals surface area contributed by atoms with Crippen LogP contribution in [0.25, 0.3) is 17.4 Å². The summed E-state index contributed by atoms with van der Waals surface area (Å²) in [7, 11) is 1.18. The molecule has 0 N–H and O–H groups in total. The van der Waals surface area contributed by atoms with Gasteiger partial charge in [0.1, 0.15) is 17.6 Å². The molecule has 2 aromatic rings. The van der Waals surface area contributed by atoms with Crippen LogP contribution in [0.15, 0.2) is 39.7 Å². The third-order valence-corrected chi connectivity index (χ3v) is 5.22. The van der Waals surface area contributed by atoms with E-state index in [-0.39, 0.29) is 10.6 Å². The summed E-state index contributed by atoms with van der Waals surface area (Å²) in [6.45, 7) is 3.14. The number of carbonyl (C=O) groups is 3. The zero-order chi connectivity index (χ0) is 21.3. The van der Waals surface area contributed by atoms with Crippen LogP contribution in [0.3, 0.4) is 0 Å². The first-order valence-corrected chi connectivity index (χ1v) is 9.24. The van der Waals surface area contributed by atoms with Gasteiger partial charge in [-0.1, -0.05) is 0 Å².